The van der Waals surface area contributed by atoms with Crippen LogP contribution >= 0.6 is 22.6 Å². The van der Waals surface area contributed by atoms with Crippen LogP contribution in [0.3, 0.4) is 0 Å². The van der Waals surface area contributed by atoms with Crippen molar-refractivity contribution < 1.29 is 9.53 Å². The standard InChI is InChI=1S/C12H16INO2/c1-8-5-4-6-10(11(8)13)12(15)14-7-9(2)16-3/h4-6,9H,7H2,1-3H3,(H,14,15). The summed E-state index contributed by atoms with van der Waals surface area (Å²) >= 11 is 2.19. The number of hydrogen-bond acceptors (Lipinski definition) is 2. The molecule has 0 aliphatic carbocycles. The van der Waals surface area contributed by atoms with Crippen LogP contribution in [0.15, 0.2) is 18.2 Å². The highest BCUT2D eigenvalue weighted by Gasteiger charge is 2.11. The average molecular weight is 333 g/mol. The van der Waals surface area contributed by atoms with Crippen molar-refractivity contribution in [3.05, 3.63) is 32.9 Å². The molecule has 0 aliphatic heterocycles. The van der Waals surface area contributed by atoms with Gasteiger partial charge < -0.3 is 10.1 Å². The van der Waals surface area contributed by atoms with Gasteiger partial charge in [0.25, 0.3) is 5.91 Å². The van der Waals surface area contributed by atoms with Crippen molar-refractivity contribution >= 4 is 28.5 Å². The second-order valence-electron chi connectivity index (χ2n) is 3.69. The maximum Gasteiger partial charge on any atom is 0.252 e. The fourth-order valence-electron chi connectivity index (χ4n) is 1.24. The summed E-state index contributed by atoms with van der Waals surface area (Å²) in [6.45, 7) is 4.44. The molecule has 1 N–H and O–H groups in total. The zero-order valence-corrected chi connectivity index (χ0v) is 11.9. The first-order chi connectivity index (χ1) is 7.56. The van der Waals surface area contributed by atoms with Crippen LogP contribution in [0.2, 0.25) is 0 Å². The normalized spacial score (nSPS) is 12.2. The Balaban J connectivity index is 2.70. The number of nitrogens with one attached hydrogen (secondary N) is 1. The van der Waals surface area contributed by atoms with Gasteiger partial charge in [-0.2, -0.15) is 0 Å². The maximum atomic E-state index is 11.9. The summed E-state index contributed by atoms with van der Waals surface area (Å²) in [5.74, 6) is -0.0444. The number of aryl methyl sites for hydroxylation is 1. The Morgan fingerprint density at radius 3 is 2.88 bits per heavy atom. The summed E-state index contributed by atoms with van der Waals surface area (Å²) in [5, 5.41) is 2.85. The summed E-state index contributed by atoms with van der Waals surface area (Å²) in [6.07, 6.45) is 0.0337. The zero-order valence-electron chi connectivity index (χ0n) is 9.71. The van der Waals surface area contributed by atoms with Crippen molar-refractivity contribution in [2.75, 3.05) is 13.7 Å². The van der Waals surface area contributed by atoms with Gasteiger partial charge in [-0.25, -0.2) is 0 Å². The van der Waals surface area contributed by atoms with E-state index in [0.29, 0.717) is 6.54 Å². The third-order valence-electron chi connectivity index (χ3n) is 2.39. The number of methoxy groups -OCH3 is 1. The van der Waals surface area contributed by atoms with Crippen molar-refractivity contribution in [2.24, 2.45) is 0 Å². The highest BCUT2D eigenvalue weighted by molar-refractivity contribution is 14.1. The monoisotopic (exact) mass is 333 g/mol. The van der Waals surface area contributed by atoms with Crippen molar-refractivity contribution in [1.82, 2.24) is 5.32 Å². The highest BCUT2D eigenvalue weighted by atomic mass is 127. The number of benzene rings is 1. The van der Waals surface area contributed by atoms with Gasteiger partial charge >= 0.3 is 0 Å². The van der Waals surface area contributed by atoms with E-state index in [0.717, 1.165) is 14.7 Å². The van der Waals surface area contributed by atoms with Gasteiger partial charge in [0.15, 0.2) is 0 Å². The van der Waals surface area contributed by atoms with E-state index in [-0.39, 0.29) is 12.0 Å². The molecular formula is C12H16INO2. The van der Waals surface area contributed by atoms with Gasteiger partial charge in [0.05, 0.1) is 11.7 Å². The zero-order chi connectivity index (χ0) is 12.1. The third-order valence-corrected chi connectivity index (χ3v) is 3.82. The van der Waals surface area contributed by atoms with E-state index >= 15 is 0 Å². The Bertz CT molecular complexity index is 379. The number of rotatable bonds is 4. The van der Waals surface area contributed by atoms with Gasteiger partial charge in [0, 0.05) is 17.2 Å². The molecule has 1 aromatic carbocycles. The third kappa shape index (κ3) is 3.45. The number of hydrogen-bond donors (Lipinski definition) is 1. The number of ether oxygens (including phenoxy) is 1. The predicted octanol–water partition coefficient (Wildman–Crippen LogP) is 2.36. The molecule has 0 radical (unpaired) electrons. The van der Waals surface area contributed by atoms with E-state index in [1.807, 2.05) is 32.0 Å². The Morgan fingerprint density at radius 2 is 2.25 bits per heavy atom. The smallest absolute Gasteiger partial charge is 0.252 e. The van der Waals surface area contributed by atoms with Crippen LogP contribution in [-0.4, -0.2) is 25.7 Å². The van der Waals surface area contributed by atoms with Crippen molar-refractivity contribution in [2.45, 2.75) is 20.0 Å². The van der Waals surface area contributed by atoms with Crippen LogP contribution in [0.4, 0.5) is 0 Å². The molecule has 0 spiro atoms. The lowest BCUT2D eigenvalue weighted by atomic mass is 10.1. The molecule has 0 bridgehead atoms. The van der Waals surface area contributed by atoms with Crippen LogP contribution in [0, 0.1) is 10.5 Å². The minimum absolute atomic E-state index is 0.0337. The number of halogens is 1. The maximum absolute atomic E-state index is 11.9. The van der Waals surface area contributed by atoms with Crippen LogP contribution in [0.5, 0.6) is 0 Å². The van der Waals surface area contributed by atoms with Gasteiger partial charge in [0.1, 0.15) is 0 Å². The van der Waals surface area contributed by atoms with E-state index in [1.54, 1.807) is 7.11 Å². The molecule has 1 aromatic rings. The van der Waals surface area contributed by atoms with Crippen LogP contribution < -0.4 is 5.32 Å². The van der Waals surface area contributed by atoms with Crippen molar-refractivity contribution in [3.63, 3.8) is 0 Å². The average Bonchev–Trinajstić information content (AvgIpc) is 2.29. The first kappa shape index (κ1) is 13.4. The second-order valence-corrected chi connectivity index (χ2v) is 4.77. The molecule has 1 unspecified atom stereocenters. The lowest BCUT2D eigenvalue weighted by Gasteiger charge is -2.12. The van der Waals surface area contributed by atoms with Gasteiger partial charge in [0.2, 0.25) is 0 Å². The number of carbonyl (C=O) groups excluding carboxylic acids is 1. The molecule has 16 heavy (non-hydrogen) atoms. The predicted molar refractivity (Wildman–Crippen MR) is 72.7 cm³/mol. The Morgan fingerprint density at radius 1 is 1.56 bits per heavy atom. The second kappa shape index (κ2) is 6.20. The van der Waals surface area contributed by atoms with Gasteiger partial charge in [-0.3, -0.25) is 4.79 Å². The molecule has 3 nitrogen and oxygen atoms in total. The van der Waals surface area contributed by atoms with E-state index in [9.17, 15) is 4.79 Å². The number of carbonyl (C=O) groups is 1. The van der Waals surface area contributed by atoms with Crippen LogP contribution in [0.1, 0.15) is 22.8 Å². The molecule has 0 aromatic heterocycles. The van der Waals surface area contributed by atoms with Crippen molar-refractivity contribution in [3.8, 4) is 0 Å². The summed E-state index contributed by atoms with van der Waals surface area (Å²) in [6, 6.07) is 5.73. The molecule has 0 saturated carbocycles. The summed E-state index contributed by atoms with van der Waals surface area (Å²) in [4.78, 5) is 11.9. The largest absolute Gasteiger partial charge is 0.380 e. The van der Waals surface area contributed by atoms with Gasteiger partial charge in [-0.05, 0) is 48.1 Å². The first-order valence-electron chi connectivity index (χ1n) is 5.12. The van der Waals surface area contributed by atoms with Crippen LogP contribution in [-0.2, 0) is 4.74 Å². The van der Waals surface area contributed by atoms with Gasteiger partial charge in [-0.1, -0.05) is 12.1 Å². The van der Waals surface area contributed by atoms with Gasteiger partial charge in [-0.15, -0.1) is 0 Å². The van der Waals surface area contributed by atoms with E-state index in [1.165, 1.54) is 0 Å². The summed E-state index contributed by atoms with van der Waals surface area (Å²) < 4.78 is 6.08. The summed E-state index contributed by atoms with van der Waals surface area (Å²) in [7, 11) is 1.63. The molecule has 0 saturated heterocycles. The van der Waals surface area contributed by atoms with Crippen molar-refractivity contribution in [1.29, 1.82) is 0 Å². The molecule has 0 heterocycles. The molecular weight excluding hydrogens is 317 g/mol. The molecule has 1 atom stereocenters. The fraction of sp³-hybridized carbons (Fsp3) is 0.417. The van der Waals surface area contributed by atoms with Crippen LogP contribution in [0.25, 0.3) is 0 Å². The molecule has 88 valence electrons. The van der Waals surface area contributed by atoms with E-state index in [4.69, 9.17) is 4.74 Å². The molecule has 0 fully saturated rings. The Labute approximate surface area is 110 Å². The topological polar surface area (TPSA) is 38.3 Å². The lowest BCUT2D eigenvalue weighted by molar-refractivity contribution is 0.0869. The minimum Gasteiger partial charge on any atom is -0.380 e. The minimum atomic E-state index is -0.0444. The Kier molecular flexibility index (Phi) is 5.21. The first-order valence-corrected chi connectivity index (χ1v) is 6.20. The fourth-order valence-corrected chi connectivity index (χ4v) is 1.84. The van der Waals surface area contributed by atoms with E-state index < -0.39 is 0 Å². The van der Waals surface area contributed by atoms with E-state index in [2.05, 4.69) is 27.9 Å². The lowest BCUT2D eigenvalue weighted by Crippen LogP contribution is -2.32. The summed E-state index contributed by atoms with van der Waals surface area (Å²) in [5.41, 5.74) is 1.84. The molecule has 4 heteroatoms. The highest BCUT2D eigenvalue weighted by Crippen LogP contribution is 2.16. The molecule has 0 aliphatic rings. The number of amides is 1. The molecule has 1 rings (SSSR count). The SMILES string of the molecule is COC(C)CNC(=O)c1cccc(C)c1I. The molecule has 1 amide bonds. The Hall–Kier alpha value is -0.620. The quantitative estimate of drug-likeness (QED) is 0.859.